The molecule has 0 atom stereocenters. The van der Waals surface area contributed by atoms with Crippen LogP contribution in [0.4, 0.5) is 13.2 Å². The third-order valence-electron chi connectivity index (χ3n) is 3.90. The van der Waals surface area contributed by atoms with Gasteiger partial charge in [-0.1, -0.05) is 24.3 Å². The highest BCUT2D eigenvalue weighted by molar-refractivity contribution is 7.13. The van der Waals surface area contributed by atoms with Crippen LogP contribution in [0.15, 0.2) is 42.5 Å². The number of fused-ring (bicyclic) bond motifs is 1. The van der Waals surface area contributed by atoms with Gasteiger partial charge < -0.3 is 5.11 Å². The molecule has 0 aliphatic carbocycles. The van der Waals surface area contributed by atoms with Gasteiger partial charge in [-0.2, -0.15) is 17.5 Å². The minimum Gasteiger partial charge on any atom is -0.396 e. The van der Waals surface area contributed by atoms with Crippen molar-refractivity contribution in [3.05, 3.63) is 53.6 Å². The molecule has 0 radical (unpaired) electrons. The number of aliphatic hydroxyl groups is 1. The molecule has 0 amide bonds. The number of unbranched alkanes of at least 4 members (excludes halogenated alkanes) is 1. The molecule has 3 rings (SSSR count). The van der Waals surface area contributed by atoms with Crippen molar-refractivity contribution in [2.24, 2.45) is 0 Å². The Balaban J connectivity index is 1.87. The first-order valence-corrected chi connectivity index (χ1v) is 8.43. The van der Waals surface area contributed by atoms with E-state index in [9.17, 15) is 13.2 Å². The van der Waals surface area contributed by atoms with Crippen LogP contribution in [-0.4, -0.2) is 16.1 Å². The van der Waals surface area contributed by atoms with Crippen molar-refractivity contribution in [2.45, 2.75) is 25.4 Å². The van der Waals surface area contributed by atoms with Gasteiger partial charge in [-0.05, 0) is 54.6 Å². The normalized spacial score (nSPS) is 12.0. The Labute approximate surface area is 141 Å². The third-order valence-corrected chi connectivity index (χ3v) is 4.70. The van der Waals surface area contributed by atoms with Crippen LogP contribution in [0.3, 0.4) is 0 Å². The van der Waals surface area contributed by atoms with Crippen LogP contribution in [0, 0.1) is 0 Å². The van der Waals surface area contributed by atoms with Crippen molar-refractivity contribution in [1.29, 1.82) is 0 Å². The molecule has 1 aromatic heterocycles. The SMILES string of the molecule is OCCCCc1ccc2c(-c3ccc(C(F)(F)F)cc3)nsc2c1. The van der Waals surface area contributed by atoms with Crippen molar-refractivity contribution in [3.8, 4) is 11.3 Å². The van der Waals surface area contributed by atoms with Gasteiger partial charge in [0.2, 0.25) is 0 Å². The van der Waals surface area contributed by atoms with Crippen LogP contribution in [0.5, 0.6) is 0 Å². The number of halogens is 3. The Morgan fingerprint density at radius 2 is 1.75 bits per heavy atom. The fraction of sp³-hybridized carbons (Fsp3) is 0.278. The molecule has 0 unspecified atom stereocenters. The lowest BCUT2D eigenvalue weighted by Gasteiger charge is -2.07. The van der Waals surface area contributed by atoms with E-state index in [1.165, 1.54) is 29.2 Å². The number of rotatable bonds is 5. The predicted molar refractivity (Wildman–Crippen MR) is 90.1 cm³/mol. The molecule has 2 aromatic carbocycles. The lowest BCUT2D eigenvalue weighted by Crippen LogP contribution is -2.03. The van der Waals surface area contributed by atoms with E-state index >= 15 is 0 Å². The van der Waals surface area contributed by atoms with Crippen molar-refractivity contribution in [2.75, 3.05) is 6.61 Å². The minimum absolute atomic E-state index is 0.195. The molecule has 0 fully saturated rings. The molecule has 3 aromatic rings. The molecule has 6 heteroatoms. The summed E-state index contributed by atoms with van der Waals surface area (Å²) in [7, 11) is 0. The van der Waals surface area contributed by atoms with Crippen LogP contribution >= 0.6 is 11.5 Å². The molecule has 0 saturated carbocycles. The van der Waals surface area contributed by atoms with Crippen LogP contribution < -0.4 is 0 Å². The molecule has 126 valence electrons. The Hall–Kier alpha value is -1.92. The van der Waals surface area contributed by atoms with Crippen molar-refractivity contribution in [3.63, 3.8) is 0 Å². The number of aryl methyl sites for hydroxylation is 1. The maximum absolute atomic E-state index is 12.7. The summed E-state index contributed by atoms with van der Waals surface area (Å²) in [6.45, 7) is 0.195. The summed E-state index contributed by atoms with van der Waals surface area (Å²) in [6.07, 6.45) is -1.74. The fourth-order valence-corrected chi connectivity index (χ4v) is 3.46. The largest absolute Gasteiger partial charge is 0.416 e. The first-order valence-electron chi connectivity index (χ1n) is 7.66. The second-order valence-corrected chi connectivity index (χ2v) is 6.42. The van der Waals surface area contributed by atoms with Gasteiger partial charge in [0, 0.05) is 17.6 Å². The van der Waals surface area contributed by atoms with Crippen LogP contribution in [0.25, 0.3) is 21.3 Å². The number of benzene rings is 2. The van der Waals surface area contributed by atoms with Crippen LogP contribution in [0.2, 0.25) is 0 Å². The van der Waals surface area contributed by atoms with Crippen molar-refractivity contribution >= 4 is 21.6 Å². The Kier molecular flexibility index (Phi) is 4.87. The summed E-state index contributed by atoms with van der Waals surface area (Å²) in [4.78, 5) is 0. The molecule has 24 heavy (non-hydrogen) atoms. The predicted octanol–water partition coefficient (Wildman–Crippen LogP) is 5.30. The molecule has 1 heterocycles. The van der Waals surface area contributed by atoms with Gasteiger partial charge in [0.1, 0.15) is 0 Å². The standard InChI is InChI=1S/C18H16F3NOS/c19-18(20,21)14-7-5-13(6-8-14)17-15-9-4-12(3-1-2-10-23)11-16(15)24-22-17/h4-9,11,23H,1-3,10H2. The van der Waals surface area contributed by atoms with E-state index in [0.717, 1.165) is 41.5 Å². The quantitative estimate of drug-likeness (QED) is 0.633. The second kappa shape index (κ2) is 6.91. The molecule has 0 aliphatic rings. The van der Waals surface area contributed by atoms with E-state index in [1.807, 2.05) is 12.1 Å². The summed E-state index contributed by atoms with van der Waals surface area (Å²) in [5.74, 6) is 0. The molecular weight excluding hydrogens is 335 g/mol. The minimum atomic E-state index is -4.33. The number of aromatic nitrogens is 1. The van der Waals surface area contributed by atoms with Crippen LogP contribution in [-0.2, 0) is 12.6 Å². The zero-order valence-electron chi connectivity index (χ0n) is 12.8. The zero-order chi connectivity index (χ0) is 17.2. The van der Waals surface area contributed by atoms with E-state index in [0.29, 0.717) is 11.3 Å². The summed E-state index contributed by atoms with van der Waals surface area (Å²) in [6, 6.07) is 11.2. The van der Waals surface area contributed by atoms with E-state index in [1.54, 1.807) is 0 Å². The average molecular weight is 351 g/mol. The van der Waals surface area contributed by atoms with Crippen molar-refractivity contribution < 1.29 is 18.3 Å². The van der Waals surface area contributed by atoms with Gasteiger partial charge in [0.05, 0.1) is 16.0 Å². The molecule has 0 aliphatic heterocycles. The lowest BCUT2D eigenvalue weighted by molar-refractivity contribution is -0.137. The lowest BCUT2D eigenvalue weighted by atomic mass is 10.0. The number of hydrogen-bond acceptors (Lipinski definition) is 3. The number of hydrogen-bond donors (Lipinski definition) is 1. The highest BCUT2D eigenvalue weighted by Crippen LogP contribution is 2.34. The van der Waals surface area contributed by atoms with Crippen LogP contribution in [0.1, 0.15) is 24.0 Å². The van der Waals surface area contributed by atoms with Gasteiger partial charge in [0.15, 0.2) is 0 Å². The number of alkyl halides is 3. The molecule has 1 N–H and O–H groups in total. The molecule has 0 saturated heterocycles. The number of nitrogens with zero attached hydrogens (tertiary/aromatic N) is 1. The summed E-state index contributed by atoms with van der Waals surface area (Å²) < 4.78 is 43.4. The summed E-state index contributed by atoms with van der Waals surface area (Å²) >= 11 is 1.35. The first-order chi connectivity index (χ1) is 11.5. The van der Waals surface area contributed by atoms with E-state index in [-0.39, 0.29) is 6.61 Å². The third kappa shape index (κ3) is 3.60. The fourth-order valence-electron chi connectivity index (χ4n) is 2.60. The smallest absolute Gasteiger partial charge is 0.396 e. The zero-order valence-corrected chi connectivity index (χ0v) is 13.6. The van der Waals surface area contributed by atoms with Gasteiger partial charge in [-0.15, -0.1) is 0 Å². The molecular formula is C18H16F3NOS. The van der Waals surface area contributed by atoms with E-state index in [4.69, 9.17) is 5.11 Å². The Morgan fingerprint density at radius 3 is 2.42 bits per heavy atom. The van der Waals surface area contributed by atoms with Gasteiger partial charge >= 0.3 is 6.18 Å². The molecule has 0 spiro atoms. The molecule has 2 nitrogen and oxygen atoms in total. The van der Waals surface area contributed by atoms with Crippen molar-refractivity contribution in [1.82, 2.24) is 4.37 Å². The van der Waals surface area contributed by atoms with Gasteiger partial charge in [-0.3, -0.25) is 0 Å². The Morgan fingerprint density at radius 1 is 1.00 bits per heavy atom. The summed E-state index contributed by atoms with van der Waals surface area (Å²) in [5.41, 5.74) is 1.92. The van der Waals surface area contributed by atoms with Gasteiger partial charge in [0.25, 0.3) is 0 Å². The molecule has 0 bridgehead atoms. The average Bonchev–Trinajstić information content (AvgIpc) is 2.97. The highest BCUT2D eigenvalue weighted by atomic mass is 32.1. The van der Waals surface area contributed by atoms with E-state index in [2.05, 4.69) is 10.4 Å². The summed E-state index contributed by atoms with van der Waals surface area (Å²) in [5, 5.41) is 9.79. The maximum atomic E-state index is 12.7. The van der Waals surface area contributed by atoms with Gasteiger partial charge in [-0.25, -0.2) is 0 Å². The monoisotopic (exact) mass is 351 g/mol. The number of aliphatic hydroxyl groups excluding tert-OH is 1. The van der Waals surface area contributed by atoms with E-state index < -0.39 is 11.7 Å². The maximum Gasteiger partial charge on any atom is 0.416 e. The first kappa shape index (κ1) is 16.9. The second-order valence-electron chi connectivity index (χ2n) is 5.62. The topological polar surface area (TPSA) is 33.1 Å². The Bertz CT molecular complexity index is 824. The highest BCUT2D eigenvalue weighted by Gasteiger charge is 2.30.